The predicted octanol–water partition coefficient (Wildman–Crippen LogP) is 1.29. The van der Waals surface area contributed by atoms with Crippen molar-refractivity contribution < 1.29 is 24.1 Å². The number of fused-ring (bicyclic) bond motifs is 6. The molecule has 1 aromatic carbocycles. The Bertz CT molecular complexity index is 960. The molecule has 3 saturated heterocycles. The normalized spacial score (nSPS) is 39.7. The van der Waals surface area contributed by atoms with Crippen LogP contribution in [-0.4, -0.2) is 44.5 Å². The van der Waals surface area contributed by atoms with Crippen LogP contribution in [0.25, 0.3) is 11.0 Å². The number of nitrogens with zero attached hydrogens (tertiary/aromatic N) is 3. The average Bonchev–Trinajstić information content (AvgIpc) is 3.22. The van der Waals surface area contributed by atoms with Crippen LogP contribution in [0.1, 0.15) is 20.3 Å². The van der Waals surface area contributed by atoms with Crippen molar-refractivity contribution in [2.45, 2.75) is 37.6 Å². The van der Waals surface area contributed by atoms with Crippen molar-refractivity contribution in [2.75, 3.05) is 4.90 Å². The van der Waals surface area contributed by atoms with Crippen LogP contribution in [-0.2, 0) is 14.3 Å². The second-order valence-electron chi connectivity index (χ2n) is 7.31. The van der Waals surface area contributed by atoms with E-state index < -0.39 is 35.0 Å². The Morgan fingerprint density at radius 3 is 2.64 bits per heavy atom. The lowest BCUT2D eigenvalue weighted by Gasteiger charge is -2.31. The van der Waals surface area contributed by atoms with E-state index in [9.17, 15) is 14.7 Å². The van der Waals surface area contributed by atoms with Crippen molar-refractivity contribution in [3.63, 3.8) is 0 Å². The lowest BCUT2D eigenvalue weighted by atomic mass is 9.67. The van der Waals surface area contributed by atoms with Gasteiger partial charge in [-0.05, 0) is 36.3 Å². The number of amides is 2. The maximum atomic E-state index is 13.1. The number of aromatic nitrogens is 2. The molecule has 0 saturated carbocycles. The molecule has 0 radical (unpaired) electrons. The van der Waals surface area contributed by atoms with Gasteiger partial charge in [-0.15, -0.1) is 0 Å². The summed E-state index contributed by atoms with van der Waals surface area (Å²) < 4.78 is 10.7. The summed E-state index contributed by atoms with van der Waals surface area (Å²) in [7, 11) is 0. The van der Waals surface area contributed by atoms with Gasteiger partial charge in [0.05, 0.1) is 34.3 Å². The highest BCUT2D eigenvalue weighted by molar-refractivity contribution is 6.36. The van der Waals surface area contributed by atoms with E-state index in [2.05, 4.69) is 10.3 Å². The van der Waals surface area contributed by atoms with Gasteiger partial charge in [0.2, 0.25) is 11.8 Å². The number of benzene rings is 1. The van der Waals surface area contributed by atoms with Crippen LogP contribution in [0.4, 0.5) is 5.69 Å². The molecule has 5 rings (SSSR count). The van der Waals surface area contributed by atoms with Crippen molar-refractivity contribution in [3.05, 3.63) is 17.2 Å². The molecule has 0 spiro atoms. The number of anilines is 1. The molecule has 5 atom stereocenters. The first kappa shape index (κ1) is 15.2. The third-order valence-corrected chi connectivity index (χ3v) is 6.19. The Kier molecular flexibility index (Phi) is 2.67. The van der Waals surface area contributed by atoms with Crippen LogP contribution < -0.4 is 4.90 Å². The van der Waals surface area contributed by atoms with Crippen molar-refractivity contribution in [2.24, 2.45) is 11.8 Å². The summed E-state index contributed by atoms with van der Waals surface area (Å²) in [5.74, 6) is -2.15. The smallest absolute Gasteiger partial charge is 0.240 e. The molecule has 130 valence electrons. The molecule has 1 aromatic heterocycles. The molecule has 3 aliphatic heterocycles. The first-order valence-electron chi connectivity index (χ1n) is 7.95. The van der Waals surface area contributed by atoms with Crippen LogP contribution in [0, 0.1) is 11.8 Å². The molecule has 1 N–H and O–H groups in total. The fourth-order valence-corrected chi connectivity index (χ4v) is 4.95. The van der Waals surface area contributed by atoms with Gasteiger partial charge in [0.25, 0.3) is 0 Å². The number of hydrogen-bond acceptors (Lipinski definition) is 7. The van der Waals surface area contributed by atoms with Crippen LogP contribution in [0.2, 0.25) is 5.02 Å². The highest BCUT2D eigenvalue weighted by Crippen LogP contribution is 2.61. The molecule has 0 aliphatic carbocycles. The summed E-state index contributed by atoms with van der Waals surface area (Å²) in [5, 5.41) is 18.2. The van der Waals surface area contributed by atoms with Crippen LogP contribution >= 0.6 is 11.6 Å². The Hall–Kier alpha value is -2.03. The molecular formula is C16H14ClN3O5. The van der Waals surface area contributed by atoms with Crippen molar-refractivity contribution in [3.8, 4) is 0 Å². The molecular weight excluding hydrogens is 350 g/mol. The van der Waals surface area contributed by atoms with Gasteiger partial charge >= 0.3 is 0 Å². The highest BCUT2D eigenvalue weighted by atomic mass is 35.5. The lowest BCUT2D eigenvalue weighted by molar-refractivity contribution is -0.132. The minimum atomic E-state index is -1.07. The number of aliphatic hydroxyl groups is 1. The number of carbonyl (C=O) groups excluding carboxylic acids is 2. The van der Waals surface area contributed by atoms with E-state index in [0.29, 0.717) is 11.4 Å². The van der Waals surface area contributed by atoms with E-state index in [-0.39, 0.29) is 22.6 Å². The number of halogens is 1. The summed E-state index contributed by atoms with van der Waals surface area (Å²) >= 11 is 6.06. The second-order valence-corrected chi connectivity index (χ2v) is 7.72. The Morgan fingerprint density at radius 2 is 1.88 bits per heavy atom. The average molecular weight is 364 g/mol. The van der Waals surface area contributed by atoms with E-state index in [1.165, 1.54) is 0 Å². The largest absolute Gasteiger partial charge is 0.390 e. The first-order valence-corrected chi connectivity index (χ1v) is 8.32. The standard InChI is InChI=1S/C16H14ClN3O5/c1-15-5-8(21)16(2,24-15)10-9(15)13(22)20(14(10)23)7-4-3-6(17)11-12(7)19-25-18-11/h3-4,8-10,21H,5H2,1-2H3/t8-,9+,10-,15+,16-/m0/s1. The molecule has 2 amide bonds. The molecule has 8 nitrogen and oxygen atoms in total. The topological polar surface area (TPSA) is 106 Å². The second kappa shape index (κ2) is 4.38. The lowest BCUT2D eigenvalue weighted by Crippen LogP contribution is -2.49. The highest BCUT2D eigenvalue weighted by Gasteiger charge is 2.75. The summed E-state index contributed by atoms with van der Waals surface area (Å²) in [6.45, 7) is 3.47. The van der Waals surface area contributed by atoms with Gasteiger partial charge in [0.15, 0.2) is 11.0 Å². The third kappa shape index (κ3) is 1.60. The fraction of sp³-hybridized carbons (Fsp3) is 0.500. The van der Waals surface area contributed by atoms with Gasteiger partial charge in [0.1, 0.15) is 5.60 Å². The van der Waals surface area contributed by atoms with Crippen molar-refractivity contribution >= 4 is 40.1 Å². The van der Waals surface area contributed by atoms with Gasteiger partial charge < -0.3 is 9.84 Å². The number of ether oxygens (including phenoxy) is 1. The zero-order valence-electron chi connectivity index (χ0n) is 13.4. The first-order chi connectivity index (χ1) is 11.8. The molecule has 0 unspecified atom stereocenters. The minimum Gasteiger partial charge on any atom is -0.390 e. The zero-order chi connectivity index (χ0) is 17.7. The van der Waals surface area contributed by atoms with E-state index in [0.717, 1.165) is 4.90 Å². The van der Waals surface area contributed by atoms with Crippen molar-refractivity contribution in [1.29, 1.82) is 0 Å². The molecule has 4 heterocycles. The van der Waals surface area contributed by atoms with Gasteiger partial charge in [-0.1, -0.05) is 11.6 Å². The molecule has 2 aromatic rings. The summed E-state index contributed by atoms with van der Waals surface area (Å²) in [6, 6.07) is 3.09. The quantitative estimate of drug-likeness (QED) is 0.761. The van der Waals surface area contributed by atoms with Gasteiger partial charge in [-0.3, -0.25) is 9.59 Å². The van der Waals surface area contributed by atoms with E-state index in [4.69, 9.17) is 21.0 Å². The van der Waals surface area contributed by atoms with Crippen molar-refractivity contribution in [1.82, 2.24) is 10.3 Å². The zero-order valence-corrected chi connectivity index (χ0v) is 14.1. The molecule has 2 bridgehead atoms. The van der Waals surface area contributed by atoms with Gasteiger partial charge in [-0.2, -0.15) is 0 Å². The third-order valence-electron chi connectivity index (χ3n) is 5.88. The summed E-state index contributed by atoms with van der Waals surface area (Å²) in [5.41, 5.74) is -1.12. The van der Waals surface area contributed by atoms with E-state index in [1.807, 2.05) is 0 Å². The fourth-order valence-electron chi connectivity index (χ4n) is 4.76. The van der Waals surface area contributed by atoms with Crippen LogP contribution in [0.3, 0.4) is 0 Å². The number of imide groups is 1. The Labute approximate surface area is 146 Å². The monoisotopic (exact) mass is 363 g/mol. The predicted molar refractivity (Wildman–Crippen MR) is 84.8 cm³/mol. The van der Waals surface area contributed by atoms with Gasteiger partial charge in [-0.25, -0.2) is 9.53 Å². The van der Waals surface area contributed by atoms with Crippen LogP contribution in [0.5, 0.6) is 0 Å². The van der Waals surface area contributed by atoms with E-state index in [1.54, 1.807) is 26.0 Å². The number of aliphatic hydroxyl groups excluding tert-OH is 1. The SMILES string of the molecule is C[C@]12O[C@](C)(C[C@@H]1O)[C@H]1C(=O)N(c3ccc(Cl)c4nonc34)C(=O)[C@H]12. The maximum absolute atomic E-state index is 13.1. The summed E-state index contributed by atoms with van der Waals surface area (Å²) in [4.78, 5) is 27.4. The molecule has 9 heteroatoms. The van der Waals surface area contributed by atoms with Crippen LogP contribution in [0.15, 0.2) is 16.8 Å². The Balaban J connectivity index is 1.68. The summed E-state index contributed by atoms with van der Waals surface area (Å²) in [6.07, 6.45) is -0.478. The molecule has 3 aliphatic rings. The molecule has 3 fully saturated rings. The van der Waals surface area contributed by atoms with Gasteiger partial charge in [0, 0.05) is 6.42 Å². The maximum Gasteiger partial charge on any atom is 0.240 e. The number of hydrogen-bond donors (Lipinski definition) is 1. The Morgan fingerprint density at radius 1 is 1.20 bits per heavy atom. The number of carbonyl (C=O) groups is 2. The molecule has 25 heavy (non-hydrogen) atoms. The number of rotatable bonds is 1. The minimum absolute atomic E-state index is 0.248. The van der Waals surface area contributed by atoms with E-state index >= 15 is 0 Å².